The lowest BCUT2D eigenvalue weighted by atomic mass is 9.99. The van der Waals surface area contributed by atoms with Gasteiger partial charge in [0.25, 0.3) is 0 Å². The van der Waals surface area contributed by atoms with Crippen molar-refractivity contribution < 1.29 is 13.6 Å². The van der Waals surface area contributed by atoms with E-state index in [0.717, 1.165) is 12.8 Å². The van der Waals surface area contributed by atoms with Gasteiger partial charge in [0.15, 0.2) is 17.2 Å². The predicted octanol–water partition coefficient (Wildman–Crippen LogP) is 4.74. The summed E-state index contributed by atoms with van der Waals surface area (Å²) in [5.41, 5.74) is 1.44. The zero-order valence-corrected chi connectivity index (χ0v) is 12.1. The minimum atomic E-state index is -0.433. The first-order valence-electron chi connectivity index (χ1n) is 7.07. The number of aryl methyl sites for hydroxylation is 2. The summed E-state index contributed by atoms with van der Waals surface area (Å²) in [7, 11) is 0. The number of halogens is 1. The van der Waals surface area contributed by atoms with Crippen LogP contribution < -0.4 is 0 Å². The standard InChI is InChI=1S/C17H13FO2S/c18-12-6-3-5-11-8-13(20-17(11)12)16(19)15-9-10-4-1-2-7-14(10)21-15/h3,5-6,8-9H,1-2,4,7H2. The van der Waals surface area contributed by atoms with Crippen LogP contribution in [0.5, 0.6) is 0 Å². The normalized spacial score (nSPS) is 14.3. The molecule has 2 nitrogen and oxygen atoms in total. The van der Waals surface area contributed by atoms with Crippen molar-refractivity contribution in [3.05, 3.63) is 57.2 Å². The van der Waals surface area contributed by atoms with Gasteiger partial charge in [-0.15, -0.1) is 11.3 Å². The van der Waals surface area contributed by atoms with Crippen molar-refractivity contribution in [2.75, 3.05) is 0 Å². The van der Waals surface area contributed by atoms with Crippen molar-refractivity contribution in [2.24, 2.45) is 0 Å². The topological polar surface area (TPSA) is 30.2 Å². The van der Waals surface area contributed by atoms with E-state index in [4.69, 9.17) is 4.42 Å². The Labute approximate surface area is 125 Å². The van der Waals surface area contributed by atoms with Gasteiger partial charge >= 0.3 is 0 Å². The molecule has 0 spiro atoms. The minimum absolute atomic E-state index is 0.148. The van der Waals surface area contributed by atoms with Gasteiger partial charge in [0.1, 0.15) is 0 Å². The molecule has 0 saturated carbocycles. The van der Waals surface area contributed by atoms with Gasteiger partial charge in [-0.25, -0.2) is 4.39 Å². The van der Waals surface area contributed by atoms with E-state index in [1.165, 1.54) is 29.3 Å². The highest BCUT2D eigenvalue weighted by Gasteiger charge is 2.21. The SMILES string of the molecule is O=C(c1cc2cccc(F)c2o1)c1cc2c(s1)CCCC2. The maximum absolute atomic E-state index is 13.6. The second-order valence-electron chi connectivity index (χ2n) is 5.36. The molecule has 2 heterocycles. The maximum atomic E-state index is 13.6. The number of fused-ring (bicyclic) bond motifs is 2. The van der Waals surface area contributed by atoms with Crippen LogP contribution in [-0.2, 0) is 12.8 Å². The van der Waals surface area contributed by atoms with Crippen molar-refractivity contribution >= 4 is 28.1 Å². The van der Waals surface area contributed by atoms with E-state index in [0.29, 0.717) is 10.3 Å². The molecule has 4 rings (SSSR count). The lowest BCUT2D eigenvalue weighted by Crippen LogP contribution is -1.97. The van der Waals surface area contributed by atoms with Crippen LogP contribution in [0.2, 0.25) is 0 Å². The predicted molar refractivity (Wildman–Crippen MR) is 80.6 cm³/mol. The van der Waals surface area contributed by atoms with Gasteiger partial charge in [0.2, 0.25) is 5.78 Å². The van der Waals surface area contributed by atoms with E-state index < -0.39 is 5.82 Å². The van der Waals surface area contributed by atoms with Crippen molar-refractivity contribution in [3.8, 4) is 0 Å². The van der Waals surface area contributed by atoms with Crippen molar-refractivity contribution in [1.29, 1.82) is 0 Å². The number of ketones is 1. The molecule has 1 aromatic carbocycles. The molecule has 0 radical (unpaired) electrons. The molecule has 106 valence electrons. The van der Waals surface area contributed by atoms with Crippen molar-refractivity contribution in [2.45, 2.75) is 25.7 Å². The Morgan fingerprint density at radius 2 is 2.05 bits per heavy atom. The fourth-order valence-corrected chi connectivity index (χ4v) is 4.06. The van der Waals surface area contributed by atoms with E-state index >= 15 is 0 Å². The van der Waals surface area contributed by atoms with Crippen LogP contribution in [0.15, 0.2) is 34.7 Å². The first-order chi connectivity index (χ1) is 10.2. The van der Waals surface area contributed by atoms with Crippen molar-refractivity contribution in [3.63, 3.8) is 0 Å². The van der Waals surface area contributed by atoms with E-state index in [1.54, 1.807) is 29.5 Å². The smallest absolute Gasteiger partial charge is 0.238 e. The first-order valence-corrected chi connectivity index (χ1v) is 7.88. The molecule has 1 aliphatic carbocycles. The fraction of sp³-hybridized carbons (Fsp3) is 0.235. The summed E-state index contributed by atoms with van der Waals surface area (Å²) >= 11 is 1.55. The lowest BCUT2D eigenvalue weighted by molar-refractivity contribution is 0.101. The highest BCUT2D eigenvalue weighted by molar-refractivity contribution is 7.14. The molecule has 0 aliphatic heterocycles. The van der Waals surface area contributed by atoms with Gasteiger partial charge in [-0.1, -0.05) is 12.1 Å². The molecule has 4 heteroatoms. The summed E-state index contributed by atoms with van der Waals surface area (Å²) in [6, 6.07) is 8.30. The molecule has 3 aromatic rings. The lowest BCUT2D eigenvalue weighted by Gasteiger charge is -2.08. The van der Waals surface area contributed by atoms with Gasteiger partial charge in [-0.3, -0.25) is 4.79 Å². The van der Waals surface area contributed by atoms with Crippen LogP contribution in [0.4, 0.5) is 4.39 Å². The molecule has 0 N–H and O–H groups in total. The van der Waals surface area contributed by atoms with E-state index in [2.05, 4.69) is 0 Å². The Hall–Kier alpha value is -1.94. The summed E-state index contributed by atoms with van der Waals surface area (Å²) in [5, 5.41) is 0.625. The second-order valence-corrected chi connectivity index (χ2v) is 6.50. The van der Waals surface area contributed by atoms with Crippen LogP contribution in [0.1, 0.15) is 38.7 Å². The first kappa shape index (κ1) is 12.8. The third kappa shape index (κ3) is 2.10. The molecule has 2 aromatic heterocycles. The average Bonchev–Trinajstić information content (AvgIpc) is 3.11. The maximum Gasteiger partial charge on any atom is 0.238 e. The number of thiophene rings is 1. The molecule has 0 atom stereocenters. The zero-order chi connectivity index (χ0) is 14.4. The summed E-state index contributed by atoms with van der Waals surface area (Å²) in [5.74, 6) is -0.365. The highest BCUT2D eigenvalue weighted by atomic mass is 32.1. The van der Waals surface area contributed by atoms with E-state index in [1.807, 2.05) is 6.07 Å². The third-order valence-corrected chi connectivity index (χ3v) is 5.18. The number of benzene rings is 1. The number of rotatable bonds is 2. The molecule has 21 heavy (non-hydrogen) atoms. The van der Waals surface area contributed by atoms with Crippen LogP contribution in [0.3, 0.4) is 0 Å². The quantitative estimate of drug-likeness (QED) is 0.640. The number of carbonyl (C=O) groups excluding carboxylic acids is 1. The molecular weight excluding hydrogens is 287 g/mol. The van der Waals surface area contributed by atoms with Gasteiger partial charge in [-0.2, -0.15) is 0 Å². The van der Waals surface area contributed by atoms with Crippen LogP contribution in [0, 0.1) is 5.82 Å². The fourth-order valence-electron chi connectivity index (χ4n) is 2.86. The summed E-state index contributed by atoms with van der Waals surface area (Å²) in [4.78, 5) is 14.5. The molecule has 0 unspecified atom stereocenters. The van der Waals surface area contributed by atoms with Gasteiger partial charge in [0, 0.05) is 10.3 Å². The molecule has 0 amide bonds. The van der Waals surface area contributed by atoms with E-state index in [-0.39, 0.29) is 17.1 Å². The van der Waals surface area contributed by atoms with Gasteiger partial charge in [-0.05, 0) is 49.4 Å². The monoisotopic (exact) mass is 300 g/mol. The Morgan fingerprint density at radius 1 is 1.19 bits per heavy atom. The molecule has 0 bridgehead atoms. The summed E-state index contributed by atoms with van der Waals surface area (Å²) in [6.45, 7) is 0. The Morgan fingerprint density at radius 3 is 2.86 bits per heavy atom. The number of hydrogen-bond acceptors (Lipinski definition) is 3. The molecule has 0 fully saturated rings. The number of hydrogen-bond donors (Lipinski definition) is 0. The van der Waals surface area contributed by atoms with Crippen LogP contribution in [-0.4, -0.2) is 5.78 Å². The number of para-hydroxylation sites is 1. The minimum Gasteiger partial charge on any atom is -0.449 e. The Balaban J connectivity index is 1.75. The number of carbonyl (C=O) groups is 1. The average molecular weight is 300 g/mol. The second kappa shape index (κ2) is 4.81. The summed E-state index contributed by atoms with van der Waals surface area (Å²) in [6.07, 6.45) is 4.49. The molecule has 0 saturated heterocycles. The Kier molecular flexibility index (Phi) is 2.93. The third-order valence-electron chi connectivity index (χ3n) is 3.94. The largest absolute Gasteiger partial charge is 0.449 e. The van der Waals surface area contributed by atoms with Crippen LogP contribution in [0.25, 0.3) is 11.0 Å². The Bertz CT molecular complexity index is 820. The zero-order valence-electron chi connectivity index (χ0n) is 11.3. The van der Waals surface area contributed by atoms with E-state index in [9.17, 15) is 9.18 Å². The molecule has 1 aliphatic rings. The number of furan rings is 1. The molecular formula is C17H13FO2S. The van der Waals surface area contributed by atoms with Gasteiger partial charge in [0.05, 0.1) is 4.88 Å². The van der Waals surface area contributed by atoms with Crippen molar-refractivity contribution in [1.82, 2.24) is 0 Å². The van der Waals surface area contributed by atoms with Crippen LogP contribution >= 0.6 is 11.3 Å². The van der Waals surface area contributed by atoms with Gasteiger partial charge < -0.3 is 4.42 Å². The summed E-state index contributed by atoms with van der Waals surface area (Å²) < 4.78 is 19.1. The highest BCUT2D eigenvalue weighted by Crippen LogP contribution is 2.32.